The van der Waals surface area contributed by atoms with E-state index in [1.807, 2.05) is 6.07 Å². The van der Waals surface area contributed by atoms with Crippen molar-refractivity contribution < 1.29 is 4.84 Å². The van der Waals surface area contributed by atoms with Crippen LogP contribution in [0, 0.1) is 0 Å². The van der Waals surface area contributed by atoms with Gasteiger partial charge in [-0.3, -0.25) is 0 Å². The molecule has 4 heteroatoms. The predicted octanol–water partition coefficient (Wildman–Crippen LogP) is 3.10. The number of hydrogen-bond acceptors (Lipinski definition) is 2. The lowest BCUT2D eigenvalue weighted by atomic mass is 9.90. The number of aromatic nitrogens is 1. The van der Waals surface area contributed by atoms with Gasteiger partial charge in [-0.15, -0.1) is 0 Å². The first kappa shape index (κ1) is 11.6. The van der Waals surface area contributed by atoms with E-state index in [2.05, 4.69) is 53.0 Å². The zero-order valence-electron chi connectivity index (χ0n) is 9.38. The van der Waals surface area contributed by atoms with Crippen LogP contribution < -0.4 is 5.90 Å². The molecule has 1 aromatic heterocycles. The van der Waals surface area contributed by atoms with Crippen LogP contribution in [0.4, 0.5) is 0 Å². The Labute approximate surface area is 103 Å². The fourth-order valence-electron chi connectivity index (χ4n) is 1.75. The third-order valence-electron chi connectivity index (χ3n) is 2.76. The van der Waals surface area contributed by atoms with Crippen molar-refractivity contribution in [1.82, 2.24) is 4.98 Å². The van der Waals surface area contributed by atoms with Crippen LogP contribution in [0.15, 0.2) is 28.7 Å². The summed E-state index contributed by atoms with van der Waals surface area (Å²) in [5.74, 6) is 5.15. The molecule has 1 heterocycles. The van der Waals surface area contributed by atoms with Crippen LogP contribution in [0.5, 0.6) is 0 Å². The molecular formula is C12H15BrN2O. The van der Waals surface area contributed by atoms with Crippen LogP contribution in [0.3, 0.4) is 0 Å². The zero-order chi connectivity index (χ0) is 11.8. The average molecular weight is 283 g/mol. The van der Waals surface area contributed by atoms with E-state index in [0.717, 1.165) is 15.7 Å². The van der Waals surface area contributed by atoms with E-state index in [-0.39, 0.29) is 5.41 Å². The summed E-state index contributed by atoms with van der Waals surface area (Å²) in [6.45, 7) is 4.68. The lowest BCUT2D eigenvalue weighted by molar-refractivity contribution is 0.0952. The van der Waals surface area contributed by atoms with Crippen LogP contribution in [-0.4, -0.2) is 11.6 Å². The number of aromatic amines is 1. The largest absolute Gasteiger partial charge is 0.358 e. The molecule has 0 saturated heterocycles. The molecule has 0 aliphatic rings. The van der Waals surface area contributed by atoms with Crippen molar-refractivity contribution in [3.8, 4) is 0 Å². The van der Waals surface area contributed by atoms with Gasteiger partial charge in [0.2, 0.25) is 0 Å². The summed E-state index contributed by atoms with van der Waals surface area (Å²) in [6.07, 6.45) is 0. The van der Waals surface area contributed by atoms with Gasteiger partial charge in [-0.05, 0) is 24.3 Å². The molecule has 2 rings (SSSR count). The fraction of sp³-hybridized carbons (Fsp3) is 0.333. The summed E-state index contributed by atoms with van der Waals surface area (Å²) in [5.41, 5.74) is 2.15. The Hall–Kier alpha value is -0.840. The summed E-state index contributed by atoms with van der Waals surface area (Å²) < 4.78 is 1.08. The van der Waals surface area contributed by atoms with E-state index < -0.39 is 0 Å². The van der Waals surface area contributed by atoms with E-state index in [4.69, 9.17) is 10.7 Å². The van der Waals surface area contributed by atoms with Crippen molar-refractivity contribution in [1.29, 1.82) is 0 Å². The molecule has 0 aliphatic heterocycles. The van der Waals surface area contributed by atoms with Crippen molar-refractivity contribution in [3.63, 3.8) is 0 Å². The van der Waals surface area contributed by atoms with E-state index in [9.17, 15) is 0 Å². The Balaban J connectivity index is 2.46. The molecule has 16 heavy (non-hydrogen) atoms. The SMILES string of the molecule is CC(C)(CON)c1cc2cc(Br)ccc2[nH]1. The Morgan fingerprint density at radius 1 is 1.38 bits per heavy atom. The number of halogens is 1. The summed E-state index contributed by atoms with van der Waals surface area (Å²) >= 11 is 3.46. The van der Waals surface area contributed by atoms with Gasteiger partial charge in [-0.2, -0.15) is 0 Å². The molecular weight excluding hydrogens is 268 g/mol. The molecule has 86 valence electrons. The molecule has 0 radical (unpaired) electrons. The van der Waals surface area contributed by atoms with E-state index in [1.54, 1.807) is 0 Å². The molecule has 1 aromatic carbocycles. The standard InChI is InChI=1S/C12H15BrN2O/c1-12(2,7-16-14)11-6-8-5-9(13)3-4-10(8)15-11/h3-6,15H,7,14H2,1-2H3. The summed E-state index contributed by atoms with van der Waals surface area (Å²) in [5, 5.41) is 1.19. The minimum atomic E-state index is -0.111. The van der Waals surface area contributed by atoms with Gasteiger partial charge in [-0.1, -0.05) is 29.8 Å². The second-order valence-electron chi connectivity index (χ2n) is 4.61. The number of rotatable bonds is 3. The Kier molecular flexibility index (Phi) is 3.06. The highest BCUT2D eigenvalue weighted by atomic mass is 79.9. The van der Waals surface area contributed by atoms with Gasteiger partial charge in [0.25, 0.3) is 0 Å². The third kappa shape index (κ3) is 2.14. The maximum absolute atomic E-state index is 5.15. The van der Waals surface area contributed by atoms with Gasteiger partial charge < -0.3 is 9.82 Å². The highest BCUT2D eigenvalue weighted by molar-refractivity contribution is 9.10. The molecule has 0 amide bonds. The molecule has 3 N–H and O–H groups in total. The van der Waals surface area contributed by atoms with Crippen LogP contribution in [0.25, 0.3) is 10.9 Å². The Morgan fingerprint density at radius 2 is 2.12 bits per heavy atom. The molecule has 0 unspecified atom stereocenters. The normalized spacial score (nSPS) is 12.2. The molecule has 0 bridgehead atoms. The predicted molar refractivity (Wildman–Crippen MR) is 69.2 cm³/mol. The summed E-state index contributed by atoms with van der Waals surface area (Å²) in [6, 6.07) is 8.31. The van der Waals surface area contributed by atoms with Crippen LogP contribution >= 0.6 is 15.9 Å². The van der Waals surface area contributed by atoms with Crippen molar-refractivity contribution in [2.24, 2.45) is 5.90 Å². The van der Waals surface area contributed by atoms with Crippen molar-refractivity contribution >= 4 is 26.8 Å². The first-order valence-electron chi connectivity index (χ1n) is 5.13. The van der Waals surface area contributed by atoms with Crippen molar-refractivity contribution in [3.05, 3.63) is 34.4 Å². The number of benzene rings is 1. The first-order valence-corrected chi connectivity index (χ1v) is 5.93. The van der Waals surface area contributed by atoms with Gasteiger partial charge in [0.05, 0.1) is 6.61 Å². The van der Waals surface area contributed by atoms with Crippen LogP contribution in [0.2, 0.25) is 0 Å². The van der Waals surface area contributed by atoms with E-state index in [0.29, 0.717) is 6.61 Å². The Morgan fingerprint density at radius 3 is 2.81 bits per heavy atom. The molecule has 0 aliphatic carbocycles. The monoisotopic (exact) mass is 282 g/mol. The second-order valence-corrected chi connectivity index (χ2v) is 5.53. The lowest BCUT2D eigenvalue weighted by Gasteiger charge is -2.21. The number of nitrogens with two attached hydrogens (primary N) is 1. The number of H-pyrrole nitrogens is 1. The van der Waals surface area contributed by atoms with Crippen molar-refractivity contribution in [2.45, 2.75) is 19.3 Å². The quantitative estimate of drug-likeness (QED) is 0.850. The van der Waals surface area contributed by atoms with Gasteiger partial charge >= 0.3 is 0 Å². The summed E-state index contributed by atoms with van der Waals surface area (Å²) in [4.78, 5) is 8.14. The molecule has 3 nitrogen and oxygen atoms in total. The van der Waals surface area contributed by atoms with Gasteiger partial charge in [-0.25, -0.2) is 5.90 Å². The highest BCUT2D eigenvalue weighted by Crippen LogP contribution is 2.27. The lowest BCUT2D eigenvalue weighted by Crippen LogP contribution is -2.26. The van der Waals surface area contributed by atoms with E-state index >= 15 is 0 Å². The topological polar surface area (TPSA) is 51.0 Å². The highest BCUT2D eigenvalue weighted by Gasteiger charge is 2.22. The van der Waals surface area contributed by atoms with E-state index in [1.165, 1.54) is 5.39 Å². The molecule has 2 aromatic rings. The Bertz CT molecular complexity index is 505. The maximum Gasteiger partial charge on any atom is 0.0784 e. The molecule has 0 fully saturated rings. The zero-order valence-corrected chi connectivity index (χ0v) is 11.0. The van der Waals surface area contributed by atoms with Gasteiger partial charge in [0.1, 0.15) is 0 Å². The fourth-order valence-corrected chi connectivity index (χ4v) is 2.13. The van der Waals surface area contributed by atoms with Crippen LogP contribution in [-0.2, 0) is 10.3 Å². The van der Waals surface area contributed by atoms with Crippen LogP contribution in [0.1, 0.15) is 19.5 Å². The number of hydrogen-bond donors (Lipinski definition) is 2. The average Bonchev–Trinajstić information content (AvgIpc) is 2.61. The smallest absolute Gasteiger partial charge is 0.0784 e. The maximum atomic E-state index is 5.15. The first-order chi connectivity index (χ1) is 7.53. The molecule has 0 saturated carbocycles. The molecule has 0 atom stereocenters. The minimum absolute atomic E-state index is 0.111. The minimum Gasteiger partial charge on any atom is -0.358 e. The third-order valence-corrected chi connectivity index (χ3v) is 3.25. The molecule has 0 spiro atoms. The number of nitrogens with one attached hydrogen (secondary N) is 1. The van der Waals surface area contributed by atoms with Gasteiger partial charge in [0, 0.05) is 26.5 Å². The second kappa shape index (κ2) is 4.20. The number of fused-ring (bicyclic) bond motifs is 1. The summed E-state index contributed by atoms with van der Waals surface area (Å²) in [7, 11) is 0. The van der Waals surface area contributed by atoms with Crippen molar-refractivity contribution in [2.75, 3.05) is 6.61 Å². The van der Waals surface area contributed by atoms with Gasteiger partial charge in [0.15, 0.2) is 0 Å².